The molecular weight excluding hydrogens is 777 g/mol. The van der Waals surface area contributed by atoms with E-state index >= 15 is 0 Å². The van der Waals surface area contributed by atoms with Crippen LogP contribution in [0.3, 0.4) is 0 Å². The van der Waals surface area contributed by atoms with Crippen LogP contribution in [0.25, 0.3) is 0 Å². The number of hydrogen-bond acceptors (Lipinski definition) is 10. The summed E-state index contributed by atoms with van der Waals surface area (Å²) >= 11 is 2.47. The number of allylic oxidation sites excluding steroid dienone is 1. The number of carbonyl (C=O) groups excluding carboxylic acids is 2. The molecule has 0 aromatic heterocycles. The van der Waals surface area contributed by atoms with Crippen molar-refractivity contribution in [3.8, 4) is 0 Å². The summed E-state index contributed by atoms with van der Waals surface area (Å²) < 4.78 is 0. The van der Waals surface area contributed by atoms with E-state index in [0.29, 0.717) is 50.8 Å². The molecule has 0 radical (unpaired) electrons. The Hall–Kier alpha value is -0.460. The van der Waals surface area contributed by atoms with E-state index < -0.39 is 24.4 Å². The first-order valence-corrected chi connectivity index (χ1v) is 26.8. The van der Waals surface area contributed by atoms with Gasteiger partial charge >= 0.3 is 0 Å². The van der Waals surface area contributed by atoms with Crippen LogP contribution in [0.2, 0.25) is 0 Å². The molecule has 59 heavy (non-hydrogen) atoms. The monoisotopic (exact) mass is 873 g/mol. The quantitative estimate of drug-likeness (QED) is 0.0348. The number of rotatable bonds is 45. The van der Waals surface area contributed by atoms with E-state index in [4.69, 9.17) is 0 Å². The average Bonchev–Trinajstić information content (AvgIpc) is 3.20. The summed E-state index contributed by atoms with van der Waals surface area (Å²) in [5.74, 6) is 1.14. The number of nitrogens with zero attached hydrogens (tertiary/aromatic N) is 2. The molecule has 10 heteroatoms. The van der Waals surface area contributed by atoms with Crippen LogP contribution in [0.1, 0.15) is 214 Å². The molecule has 0 aliphatic heterocycles. The van der Waals surface area contributed by atoms with Gasteiger partial charge in [0.1, 0.15) is 0 Å². The van der Waals surface area contributed by atoms with E-state index in [2.05, 4.69) is 37.5 Å². The first kappa shape index (κ1) is 58.5. The molecule has 0 spiro atoms. The Kier molecular flexibility index (Phi) is 43.8. The molecule has 4 atom stereocenters. The Bertz CT molecular complexity index is 911. The van der Waals surface area contributed by atoms with Gasteiger partial charge in [-0.3, -0.25) is 19.4 Å². The van der Waals surface area contributed by atoms with Crippen LogP contribution >= 0.6 is 23.5 Å². The zero-order valence-corrected chi connectivity index (χ0v) is 40.6. The number of hydrogen-bond donors (Lipinski definition) is 4. The van der Waals surface area contributed by atoms with Crippen molar-refractivity contribution in [2.75, 3.05) is 50.8 Å². The molecule has 4 unspecified atom stereocenters. The lowest BCUT2D eigenvalue weighted by atomic mass is 10.1. The van der Waals surface area contributed by atoms with Crippen molar-refractivity contribution in [1.29, 1.82) is 0 Å². The van der Waals surface area contributed by atoms with Crippen LogP contribution in [0.15, 0.2) is 12.2 Å². The summed E-state index contributed by atoms with van der Waals surface area (Å²) in [5, 5.41) is 43.3. The van der Waals surface area contributed by atoms with E-state index in [1.807, 2.05) is 0 Å². The summed E-state index contributed by atoms with van der Waals surface area (Å²) in [7, 11) is 0. The highest BCUT2D eigenvalue weighted by Crippen LogP contribution is 2.16. The van der Waals surface area contributed by atoms with Gasteiger partial charge in [0.2, 0.25) is 5.12 Å². The van der Waals surface area contributed by atoms with Crippen molar-refractivity contribution in [3.05, 3.63) is 12.2 Å². The van der Waals surface area contributed by atoms with Crippen LogP contribution in [-0.2, 0) is 9.59 Å². The highest BCUT2D eigenvalue weighted by atomic mass is 32.2. The minimum absolute atomic E-state index is 0.00383. The smallest absolute Gasteiger partial charge is 0.211 e. The van der Waals surface area contributed by atoms with E-state index in [0.717, 1.165) is 77.0 Å². The molecule has 0 aromatic carbocycles. The average molecular weight is 873 g/mol. The van der Waals surface area contributed by atoms with Gasteiger partial charge in [0.05, 0.1) is 24.4 Å². The standard InChI is InChI=1S/C49H96N2O6S2/c1-5-9-13-17-21-25-30-44(52)40-50(41-45(53)31-26-22-18-14-10-6-2)36-38-58-48(56)34-29-35-49(57)59-39-37-51(42-46(54)32-27-23-19-15-11-7-3)43-47(55)33-28-24-20-16-12-8-4/h29,34,44-47,52-55H,5-28,30-33,35-43H2,1-4H3/b34-29+. The first-order valence-electron chi connectivity index (χ1n) is 24.8. The van der Waals surface area contributed by atoms with Gasteiger partial charge in [0.25, 0.3) is 0 Å². The lowest BCUT2D eigenvalue weighted by molar-refractivity contribution is -0.110. The second kappa shape index (κ2) is 44.2. The minimum Gasteiger partial charge on any atom is -0.392 e. The number of aliphatic hydroxyl groups is 4. The molecule has 0 amide bonds. The van der Waals surface area contributed by atoms with Crippen molar-refractivity contribution in [1.82, 2.24) is 9.80 Å². The van der Waals surface area contributed by atoms with Crippen molar-refractivity contribution >= 4 is 33.8 Å². The summed E-state index contributed by atoms with van der Waals surface area (Å²) in [4.78, 5) is 29.7. The summed E-state index contributed by atoms with van der Waals surface area (Å²) in [6, 6.07) is 0. The fourth-order valence-corrected chi connectivity index (χ4v) is 9.17. The fourth-order valence-electron chi connectivity index (χ4n) is 7.64. The third-order valence-electron chi connectivity index (χ3n) is 11.3. The minimum atomic E-state index is -0.441. The van der Waals surface area contributed by atoms with Gasteiger partial charge in [-0.1, -0.05) is 211 Å². The number of thioether (sulfide) groups is 2. The van der Waals surface area contributed by atoms with Crippen molar-refractivity contribution in [2.24, 2.45) is 0 Å². The third kappa shape index (κ3) is 41.3. The van der Waals surface area contributed by atoms with Gasteiger partial charge in [-0.15, -0.1) is 0 Å². The van der Waals surface area contributed by atoms with Gasteiger partial charge in [-0.25, -0.2) is 0 Å². The van der Waals surface area contributed by atoms with Crippen molar-refractivity contribution in [2.45, 2.75) is 238 Å². The molecular formula is C49H96N2O6S2. The second-order valence-corrected chi connectivity index (χ2v) is 19.6. The van der Waals surface area contributed by atoms with Crippen LogP contribution in [0.5, 0.6) is 0 Å². The Morgan fingerprint density at radius 3 is 1.05 bits per heavy atom. The molecule has 4 N–H and O–H groups in total. The lowest BCUT2D eigenvalue weighted by Gasteiger charge is -2.27. The maximum atomic E-state index is 12.8. The number of aliphatic hydroxyl groups excluding tert-OH is 4. The second-order valence-electron chi connectivity index (χ2n) is 17.4. The van der Waals surface area contributed by atoms with Crippen molar-refractivity contribution in [3.63, 3.8) is 0 Å². The van der Waals surface area contributed by atoms with Crippen LogP contribution in [-0.4, -0.2) is 116 Å². The summed E-state index contributed by atoms with van der Waals surface area (Å²) in [6.45, 7) is 12.1. The Morgan fingerprint density at radius 2 is 0.729 bits per heavy atom. The van der Waals surface area contributed by atoms with Crippen LogP contribution in [0.4, 0.5) is 0 Å². The third-order valence-corrected chi connectivity index (χ3v) is 13.0. The molecule has 0 aliphatic rings. The topological polar surface area (TPSA) is 122 Å². The molecule has 0 bridgehead atoms. The molecule has 0 aliphatic carbocycles. The van der Waals surface area contributed by atoms with Crippen LogP contribution < -0.4 is 0 Å². The normalized spacial score (nSPS) is 14.1. The van der Waals surface area contributed by atoms with Gasteiger partial charge in [0.15, 0.2) is 5.12 Å². The van der Waals surface area contributed by atoms with Crippen LogP contribution in [0, 0.1) is 0 Å². The molecule has 0 saturated carbocycles. The Balaban J connectivity index is 4.86. The van der Waals surface area contributed by atoms with E-state index in [9.17, 15) is 30.0 Å². The van der Waals surface area contributed by atoms with Gasteiger partial charge in [-0.2, -0.15) is 0 Å². The number of carbonyl (C=O) groups is 2. The highest BCUT2D eigenvalue weighted by molar-refractivity contribution is 8.14. The molecule has 8 nitrogen and oxygen atoms in total. The molecule has 0 heterocycles. The van der Waals surface area contributed by atoms with Gasteiger partial charge in [0, 0.05) is 57.2 Å². The fraction of sp³-hybridized carbons (Fsp3) is 0.918. The predicted octanol–water partition coefficient (Wildman–Crippen LogP) is 11.5. The summed E-state index contributed by atoms with van der Waals surface area (Å²) in [6.07, 6.45) is 33.1. The maximum absolute atomic E-state index is 12.8. The van der Waals surface area contributed by atoms with E-state index in [-0.39, 0.29) is 16.7 Å². The molecule has 0 fully saturated rings. The summed E-state index contributed by atoms with van der Waals surface area (Å²) in [5.41, 5.74) is 0. The molecule has 0 rings (SSSR count). The zero-order valence-electron chi connectivity index (χ0n) is 38.9. The number of unbranched alkanes of at least 4 members (excludes halogenated alkanes) is 20. The van der Waals surface area contributed by atoms with E-state index in [1.54, 1.807) is 6.08 Å². The predicted molar refractivity (Wildman–Crippen MR) is 258 cm³/mol. The van der Waals surface area contributed by atoms with E-state index in [1.165, 1.54) is 132 Å². The Labute approximate surface area is 373 Å². The highest BCUT2D eigenvalue weighted by Gasteiger charge is 2.18. The lowest BCUT2D eigenvalue weighted by Crippen LogP contribution is -2.39. The molecule has 0 saturated heterocycles. The Morgan fingerprint density at radius 1 is 0.441 bits per heavy atom. The maximum Gasteiger partial charge on any atom is 0.211 e. The largest absolute Gasteiger partial charge is 0.392 e. The van der Waals surface area contributed by atoms with Gasteiger partial charge < -0.3 is 20.4 Å². The van der Waals surface area contributed by atoms with Crippen molar-refractivity contribution < 1.29 is 30.0 Å². The first-order chi connectivity index (χ1) is 28.6. The zero-order chi connectivity index (χ0) is 43.6. The molecule has 350 valence electrons. The van der Waals surface area contributed by atoms with Gasteiger partial charge in [-0.05, 0) is 31.8 Å². The molecule has 0 aromatic rings. The SMILES string of the molecule is CCCCCCCCC(O)CN(CCSC(=O)/C=C/CC(=O)SCCN(CC(O)CCCCCCCC)CC(O)CCCCCCCC)CC(O)CCCCCCCC.